The van der Waals surface area contributed by atoms with Crippen molar-refractivity contribution in [2.75, 3.05) is 13.2 Å². The zero-order valence-corrected chi connectivity index (χ0v) is 17.9. The van der Waals surface area contributed by atoms with Crippen LogP contribution in [0.25, 0.3) is 11.1 Å². The second-order valence-electron chi connectivity index (χ2n) is 7.45. The van der Waals surface area contributed by atoms with Crippen LogP contribution >= 0.6 is 11.6 Å². The van der Waals surface area contributed by atoms with Crippen LogP contribution in [0.4, 0.5) is 4.79 Å². The second kappa shape index (κ2) is 9.75. The Kier molecular flexibility index (Phi) is 6.61. The fourth-order valence-corrected chi connectivity index (χ4v) is 3.99. The van der Waals surface area contributed by atoms with E-state index in [1.807, 2.05) is 36.4 Å². The number of carbonyl (C=O) groups is 2. The molecular weight excluding hydrogens is 430 g/mol. The number of ether oxygens (including phenoxy) is 2. The summed E-state index contributed by atoms with van der Waals surface area (Å²) in [5, 5.41) is 12.5. The van der Waals surface area contributed by atoms with Crippen LogP contribution in [0.2, 0.25) is 5.02 Å². The van der Waals surface area contributed by atoms with Gasteiger partial charge in [-0.15, -0.1) is 0 Å². The van der Waals surface area contributed by atoms with Gasteiger partial charge in [0.15, 0.2) is 0 Å². The molecule has 164 valence electrons. The minimum absolute atomic E-state index is 0.0855. The van der Waals surface area contributed by atoms with E-state index in [4.69, 9.17) is 21.1 Å². The fourth-order valence-electron chi connectivity index (χ4n) is 3.87. The van der Waals surface area contributed by atoms with Gasteiger partial charge in [0, 0.05) is 17.4 Å². The molecule has 0 aliphatic heterocycles. The van der Waals surface area contributed by atoms with Gasteiger partial charge in [-0.05, 0) is 46.5 Å². The summed E-state index contributed by atoms with van der Waals surface area (Å²) in [5.74, 6) is -0.678. The average Bonchev–Trinajstić information content (AvgIpc) is 3.12. The van der Waals surface area contributed by atoms with Crippen LogP contribution in [0.3, 0.4) is 0 Å². The van der Waals surface area contributed by atoms with Gasteiger partial charge >= 0.3 is 12.1 Å². The summed E-state index contributed by atoms with van der Waals surface area (Å²) in [6.07, 6.45) is -0.687. The van der Waals surface area contributed by atoms with Crippen molar-refractivity contribution in [3.05, 3.63) is 88.9 Å². The number of carboxylic acids is 1. The second-order valence-corrected chi connectivity index (χ2v) is 7.89. The van der Waals surface area contributed by atoms with E-state index in [-0.39, 0.29) is 25.6 Å². The lowest BCUT2D eigenvalue weighted by molar-refractivity contribution is -0.139. The maximum atomic E-state index is 12.4. The Labute approximate surface area is 190 Å². The lowest BCUT2D eigenvalue weighted by Gasteiger charge is -2.17. The number of carbonyl (C=O) groups excluding carboxylic acids is 1. The van der Waals surface area contributed by atoms with Crippen molar-refractivity contribution in [3.63, 3.8) is 0 Å². The predicted molar refractivity (Wildman–Crippen MR) is 121 cm³/mol. The average molecular weight is 452 g/mol. The van der Waals surface area contributed by atoms with E-state index in [9.17, 15) is 14.7 Å². The minimum Gasteiger partial charge on any atom is -0.493 e. The number of benzene rings is 3. The van der Waals surface area contributed by atoms with Crippen LogP contribution < -0.4 is 10.1 Å². The number of rotatable bonds is 8. The molecule has 0 heterocycles. The van der Waals surface area contributed by atoms with E-state index >= 15 is 0 Å². The van der Waals surface area contributed by atoms with Crippen molar-refractivity contribution in [1.29, 1.82) is 0 Å². The maximum Gasteiger partial charge on any atom is 0.407 e. The van der Waals surface area contributed by atoms with E-state index < -0.39 is 18.1 Å². The maximum absolute atomic E-state index is 12.4. The lowest BCUT2D eigenvalue weighted by Crippen LogP contribution is -2.42. The van der Waals surface area contributed by atoms with E-state index in [1.165, 1.54) is 0 Å². The molecule has 7 heteroatoms. The first-order chi connectivity index (χ1) is 15.5. The summed E-state index contributed by atoms with van der Waals surface area (Å²) in [6, 6.07) is 21.6. The molecule has 0 aromatic heterocycles. The number of halogens is 1. The van der Waals surface area contributed by atoms with E-state index in [2.05, 4.69) is 17.4 Å². The van der Waals surface area contributed by atoms with Crippen LogP contribution in [-0.4, -0.2) is 36.4 Å². The molecule has 4 rings (SSSR count). The van der Waals surface area contributed by atoms with Gasteiger partial charge in [0.1, 0.15) is 18.4 Å². The summed E-state index contributed by atoms with van der Waals surface area (Å²) < 4.78 is 11.0. The molecule has 0 fully saturated rings. The number of fused-ring (bicyclic) bond motifs is 3. The molecule has 1 aliphatic carbocycles. The van der Waals surface area contributed by atoms with Crippen molar-refractivity contribution in [2.24, 2.45) is 0 Å². The third kappa shape index (κ3) is 4.86. The Bertz CT molecular complexity index is 1070. The standard InChI is InChI=1S/C25H22ClNO5/c26-16-9-11-17(12-10-16)31-14-13-23(24(28)29)27-25(30)32-15-22-20-7-3-1-5-18(20)19-6-2-4-8-21(19)22/h1-12,22-23H,13-15H2,(H,27,30)(H,28,29)/t23-/m1/s1. The zero-order valence-electron chi connectivity index (χ0n) is 17.2. The third-order valence-electron chi connectivity index (χ3n) is 5.42. The molecule has 0 radical (unpaired) electrons. The zero-order chi connectivity index (χ0) is 22.5. The van der Waals surface area contributed by atoms with Gasteiger partial charge < -0.3 is 19.9 Å². The van der Waals surface area contributed by atoms with Crippen LogP contribution in [0, 0.1) is 0 Å². The Balaban J connectivity index is 1.33. The monoisotopic (exact) mass is 451 g/mol. The highest BCUT2D eigenvalue weighted by Gasteiger charge is 2.29. The Morgan fingerprint density at radius 3 is 2.12 bits per heavy atom. The number of carboxylic acid groups (broad SMARTS) is 1. The first-order valence-corrected chi connectivity index (χ1v) is 10.6. The van der Waals surface area contributed by atoms with Crippen molar-refractivity contribution in [1.82, 2.24) is 5.32 Å². The van der Waals surface area contributed by atoms with Crippen LogP contribution in [0.5, 0.6) is 5.75 Å². The van der Waals surface area contributed by atoms with Gasteiger partial charge in [-0.2, -0.15) is 0 Å². The lowest BCUT2D eigenvalue weighted by atomic mass is 9.98. The van der Waals surface area contributed by atoms with Gasteiger partial charge in [0.05, 0.1) is 6.61 Å². The Morgan fingerprint density at radius 2 is 1.53 bits per heavy atom. The van der Waals surface area contributed by atoms with Crippen molar-refractivity contribution in [3.8, 4) is 16.9 Å². The molecule has 32 heavy (non-hydrogen) atoms. The van der Waals surface area contributed by atoms with Gasteiger partial charge in [-0.3, -0.25) is 0 Å². The third-order valence-corrected chi connectivity index (χ3v) is 5.67. The molecular formula is C25H22ClNO5. The molecule has 3 aromatic carbocycles. The number of amides is 1. The summed E-state index contributed by atoms with van der Waals surface area (Å²) >= 11 is 5.83. The fraction of sp³-hybridized carbons (Fsp3) is 0.200. The number of hydrogen-bond acceptors (Lipinski definition) is 4. The largest absolute Gasteiger partial charge is 0.493 e. The minimum atomic E-state index is -1.15. The van der Waals surface area contributed by atoms with E-state index in [0.717, 1.165) is 22.3 Å². The Hall–Kier alpha value is -3.51. The van der Waals surface area contributed by atoms with Crippen molar-refractivity contribution >= 4 is 23.7 Å². The highest BCUT2D eigenvalue weighted by molar-refractivity contribution is 6.30. The molecule has 6 nitrogen and oxygen atoms in total. The quantitative estimate of drug-likeness (QED) is 0.497. The summed E-state index contributed by atoms with van der Waals surface area (Å²) in [4.78, 5) is 23.9. The first kappa shape index (κ1) is 21.7. The van der Waals surface area contributed by atoms with E-state index in [1.54, 1.807) is 24.3 Å². The predicted octanol–water partition coefficient (Wildman–Crippen LogP) is 5.10. The number of hydrogen-bond donors (Lipinski definition) is 2. The van der Waals surface area contributed by atoms with Gasteiger partial charge in [-0.1, -0.05) is 60.1 Å². The SMILES string of the molecule is O=C(N[C@H](CCOc1ccc(Cl)cc1)C(=O)O)OCC1c2ccccc2-c2ccccc21. The van der Waals surface area contributed by atoms with Crippen LogP contribution in [0.15, 0.2) is 72.8 Å². The number of alkyl carbamates (subject to hydrolysis) is 1. The molecule has 0 bridgehead atoms. The normalized spacial score (nSPS) is 13.0. The highest BCUT2D eigenvalue weighted by Crippen LogP contribution is 2.44. The highest BCUT2D eigenvalue weighted by atomic mass is 35.5. The van der Waals surface area contributed by atoms with Gasteiger partial charge in [-0.25, -0.2) is 9.59 Å². The molecule has 0 unspecified atom stereocenters. The molecule has 2 N–H and O–H groups in total. The molecule has 1 atom stereocenters. The molecule has 1 amide bonds. The van der Waals surface area contributed by atoms with Gasteiger partial charge in [0.2, 0.25) is 0 Å². The molecule has 0 spiro atoms. The first-order valence-electron chi connectivity index (χ1n) is 10.3. The molecule has 1 aliphatic rings. The summed E-state index contributed by atoms with van der Waals surface area (Å²) in [5.41, 5.74) is 4.43. The summed E-state index contributed by atoms with van der Waals surface area (Å²) in [7, 11) is 0. The summed E-state index contributed by atoms with van der Waals surface area (Å²) in [6.45, 7) is 0.232. The van der Waals surface area contributed by atoms with Crippen LogP contribution in [0.1, 0.15) is 23.5 Å². The van der Waals surface area contributed by atoms with Crippen molar-refractivity contribution in [2.45, 2.75) is 18.4 Å². The topological polar surface area (TPSA) is 84.9 Å². The Morgan fingerprint density at radius 1 is 0.938 bits per heavy atom. The molecule has 3 aromatic rings. The smallest absolute Gasteiger partial charge is 0.407 e. The molecule has 0 saturated heterocycles. The molecule has 0 saturated carbocycles. The van der Waals surface area contributed by atoms with Gasteiger partial charge in [0.25, 0.3) is 0 Å². The van der Waals surface area contributed by atoms with Crippen LogP contribution in [-0.2, 0) is 9.53 Å². The number of nitrogens with one attached hydrogen (secondary N) is 1. The van der Waals surface area contributed by atoms with Crippen molar-refractivity contribution < 1.29 is 24.2 Å². The van der Waals surface area contributed by atoms with E-state index in [0.29, 0.717) is 10.8 Å². The number of aliphatic carboxylic acids is 1.